The average molecular weight is 270 g/mol. The normalized spacial score (nSPS) is 11.7. The van der Waals surface area contributed by atoms with E-state index in [0.29, 0.717) is 0 Å². The van der Waals surface area contributed by atoms with Crippen molar-refractivity contribution in [2.75, 3.05) is 26.4 Å². The summed E-state index contributed by atoms with van der Waals surface area (Å²) in [5.74, 6) is 0. The van der Waals surface area contributed by atoms with E-state index < -0.39 is 0 Å². The van der Waals surface area contributed by atoms with Gasteiger partial charge in [0.2, 0.25) is 0 Å². The van der Waals surface area contributed by atoms with Gasteiger partial charge in [-0.2, -0.15) is 0 Å². The van der Waals surface area contributed by atoms with Gasteiger partial charge in [0.1, 0.15) is 0 Å². The van der Waals surface area contributed by atoms with Crippen molar-refractivity contribution in [3.05, 3.63) is 24.7 Å². The second-order valence-electron chi connectivity index (χ2n) is 4.39. The maximum absolute atomic E-state index is 5.38. The number of rotatable bonds is 14. The maximum Gasteiger partial charge on any atom is 0.0861 e. The van der Waals surface area contributed by atoms with E-state index in [1.54, 1.807) is 12.5 Å². The summed E-state index contributed by atoms with van der Waals surface area (Å²) in [5.41, 5.74) is 0. The van der Waals surface area contributed by atoms with Gasteiger partial charge in [-0.3, -0.25) is 0 Å². The van der Waals surface area contributed by atoms with Gasteiger partial charge in [0.05, 0.1) is 12.5 Å². The van der Waals surface area contributed by atoms with Crippen molar-refractivity contribution in [1.29, 1.82) is 0 Å². The van der Waals surface area contributed by atoms with Crippen LogP contribution >= 0.6 is 0 Å². The Balaban J connectivity index is 3.14. The molecule has 0 aromatic rings. The van der Waals surface area contributed by atoms with Crippen molar-refractivity contribution in [3.63, 3.8) is 0 Å². The molecule has 3 heteroatoms. The minimum Gasteiger partial charge on any atom is -0.473 e. The largest absolute Gasteiger partial charge is 0.473 e. The average Bonchev–Trinajstić information content (AvgIpc) is 2.43. The fraction of sp³-hybridized carbons (Fsp3) is 0.750. The minimum atomic E-state index is 0.839. The zero-order chi connectivity index (χ0) is 14.0. The molecule has 0 rings (SSSR count). The lowest BCUT2D eigenvalue weighted by molar-refractivity contribution is 0.133. The molecule has 0 bridgehead atoms. The summed E-state index contributed by atoms with van der Waals surface area (Å²) in [7, 11) is 0. The van der Waals surface area contributed by atoms with E-state index in [4.69, 9.17) is 14.2 Å². The summed E-state index contributed by atoms with van der Waals surface area (Å²) >= 11 is 0. The van der Waals surface area contributed by atoms with Gasteiger partial charge in [0.25, 0.3) is 0 Å². The molecule has 0 atom stereocenters. The van der Waals surface area contributed by atoms with Crippen molar-refractivity contribution in [3.8, 4) is 0 Å². The first kappa shape index (κ1) is 18.2. The van der Waals surface area contributed by atoms with Crippen LogP contribution in [0, 0.1) is 0 Å². The first-order valence-corrected chi connectivity index (χ1v) is 7.52. The van der Waals surface area contributed by atoms with E-state index in [9.17, 15) is 0 Å². The molecule has 0 radical (unpaired) electrons. The SMILES string of the molecule is CCCOCCCC=COC=CCCCOCCC. The summed E-state index contributed by atoms with van der Waals surface area (Å²) in [6.07, 6.45) is 13.8. The van der Waals surface area contributed by atoms with E-state index in [-0.39, 0.29) is 0 Å². The van der Waals surface area contributed by atoms with Gasteiger partial charge in [0.15, 0.2) is 0 Å². The zero-order valence-corrected chi connectivity index (χ0v) is 12.6. The molecule has 0 saturated heterocycles. The Morgan fingerprint density at radius 3 is 1.58 bits per heavy atom. The lowest BCUT2D eigenvalue weighted by atomic mass is 10.3. The fourth-order valence-electron chi connectivity index (χ4n) is 1.39. The van der Waals surface area contributed by atoms with E-state index in [0.717, 1.165) is 65.0 Å². The Hall–Kier alpha value is -0.800. The van der Waals surface area contributed by atoms with Crippen LogP contribution in [0.3, 0.4) is 0 Å². The van der Waals surface area contributed by atoms with E-state index in [2.05, 4.69) is 13.8 Å². The van der Waals surface area contributed by atoms with Crippen molar-refractivity contribution >= 4 is 0 Å². The Morgan fingerprint density at radius 2 is 1.16 bits per heavy atom. The van der Waals surface area contributed by atoms with E-state index in [1.807, 2.05) is 12.2 Å². The van der Waals surface area contributed by atoms with Crippen LogP contribution in [0.4, 0.5) is 0 Å². The Morgan fingerprint density at radius 1 is 0.684 bits per heavy atom. The molecule has 0 heterocycles. The van der Waals surface area contributed by atoms with Gasteiger partial charge < -0.3 is 14.2 Å². The van der Waals surface area contributed by atoms with Crippen LogP contribution in [-0.4, -0.2) is 26.4 Å². The molecule has 0 amide bonds. The van der Waals surface area contributed by atoms with Gasteiger partial charge >= 0.3 is 0 Å². The standard InChI is InChI=1S/C16H30O3/c1-3-11-17-13-7-5-9-15-19-16-10-6-8-14-18-12-4-2/h9-10,15-16H,3-8,11-14H2,1-2H3. The van der Waals surface area contributed by atoms with Crippen LogP contribution in [0.5, 0.6) is 0 Å². The van der Waals surface area contributed by atoms with E-state index in [1.165, 1.54) is 0 Å². The highest BCUT2D eigenvalue weighted by atomic mass is 16.5. The Kier molecular flexibility index (Phi) is 16.5. The van der Waals surface area contributed by atoms with Crippen LogP contribution in [-0.2, 0) is 14.2 Å². The lowest BCUT2D eigenvalue weighted by Crippen LogP contribution is -1.94. The van der Waals surface area contributed by atoms with Crippen molar-refractivity contribution in [1.82, 2.24) is 0 Å². The van der Waals surface area contributed by atoms with Gasteiger partial charge in [-0.1, -0.05) is 13.8 Å². The highest BCUT2D eigenvalue weighted by Gasteiger charge is 1.86. The molecule has 0 fully saturated rings. The molecule has 0 aromatic carbocycles. The van der Waals surface area contributed by atoms with Gasteiger partial charge in [0, 0.05) is 26.4 Å². The predicted octanol–water partition coefficient (Wildman–Crippen LogP) is 4.44. The van der Waals surface area contributed by atoms with E-state index >= 15 is 0 Å². The predicted molar refractivity (Wildman–Crippen MR) is 80.1 cm³/mol. The van der Waals surface area contributed by atoms with Crippen LogP contribution in [0.15, 0.2) is 24.7 Å². The maximum atomic E-state index is 5.38. The summed E-state index contributed by atoms with van der Waals surface area (Å²) in [6, 6.07) is 0. The molecule has 0 N–H and O–H groups in total. The molecule has 0 aromatic heterocycles. The van der Waals surface area contributed by atoms with Crippen molar-refractivity contribution < 1.29 is 14.2 Å². The Labute approximate surface area is 118 Å². The fourth-order valence-corrected chi connectivity index (χ4v) is 1.39. The van der Waals surface area contributed by atoms with Crippen LogP contribution in [0.1, 0.15) is 52.4 Å². The summed E-state index contributed by atoms with van der Waals surface area (Å²) in [4.78, 5) is 0. The molecular formula is C16H30O3. The molecule has 112 valence electrons. The van der Waals surface area contributed by atoms with Gasteiger partial charge in [-0.25, -0.2) is 0 Å². The number of unbranched alkanes of at least 4 members (excludes halogenated alkanes) is 2. The summed E-state index contributed by atoms with van der Waals surface area (Å²) in [5, 5.41) is 0. The second-order valence-corrected chi connectivity index (χ2v) is 4.39. The first-order valence-electron chi connectivity index (χ1n) is 7.52. The molecule has 3 nitrogen and oxygen atoms in total. The van der Waals surface area contributed by atoms with Crippen molar-refractivity contribution in [2.45, 2.75) is 52.4 Å². The summed E-state index contributed by atoms with van der Waals surface area (Å²) < 4.78 is 16.0. The molecule has 0 saturated carbocycles. The third-order valence-electron chi connectivity index (χ3n) is 2.37. The minimum absolute atomic E-state index is 0.839. The smallest absolute Gasteiger partial charge is 0.0861 e. The second kappa shape index (κ2) is 17.2. The topological polar surface area (TPSA) is 27.7 Å². The Bertz CT molecular complexity index is 190. The monoisotopic (exact) mass is 270 g/mol. The van der Waals surface area contributed by atoms with Gasteiger partial charge in [-0.15, -0.1) is 0 Å². The molecule has 0 aliphatic rings. The summed E-state index contributed by atoms with van der Waals surface area (Å²) in [6.45, 7) is 7.65. The molecule has 0 unspecified atom stereocenters. The molecule has 0 aliphatic heterocycles. The first-order chi connectivity index (χ1) is 9.41. The van der Waals surface area contributed by atoms with Gasteiger partial charge in [-0.05, 0) is 50.7 Å². The number of allylic oxidation sites excluding steroid dienone is 2. The third-order valence-corrected chi connectivity index (χ3v) is 2.37. The highest BCUT2D eigenvalue weighted by molar-refractivity contribution is 4.79. The van der Waals surface area contributed by atoms with Crippen LogP contribution in [0.2, 0.25) is 0 Å². The number of hydrogen-bond donors (Lipinski definition) is 0. The molecular weight excluding hydrogens is 240 g/mol. The number of ether oxygens (including phenoxy) is 3. The number of hydrogen-bond acceptors (Lipinski definition) is 3. The van der Waals surface area contributed by atoms with Crippen LogP contribution in [0.25, 0.3) is 0 Å². The zero-order valence-electron chi connectivity index (χ0n) is 12.6. The van der Waals surface area contributed by atoms with Crippen LogP contribution < -0.4 is 0 Å². The van der Waals surface area contributed by atoms with Crippen molar-refractivity contribution in [2.24, 2.45) is 0 Å². The molecule has 0 spiro atoms. The quantitative estimate of drug-likeness (QED) is 0.345. The lowest BCUT2D eigenvalue weighted by Gasteiger charge is -1.99. The third kappa shape index (κ3) is 17.2. The highest BCUT2D eigenvalue weighted by Crippen LogP contribution is 1.96. The molecule has 19 heavy (non-hydrogen) atoms. The molecule has 0 aliphatic carbocycles.